The van der Waals surface area contributed by atoms with Crippen molar-refractivity contribution in [3.63, 3.8) is 0 Å². The zero-order chi connectivity index (χ0) is 17.2. The van der Waals surface area contributed by atoms with Gasteiger partial charge in [-0.1, -0.05) is 18.2 Å². The van der Waals surface area contributed by atoms with Crippen LogP contribution in [-0.4, -0.2) is 65.7 Å². The van der Waals surface area contributed by atoms with Crippen molar-refractivity contribution in [3.05, 3.63) is 36.4 Å². The molecule has 2 amide bonds. The van der Waals surface area contributed by atoms with E-state index in [1.165, 1.54) is 4.90 Å². The quantitative estimate of drug-likeness (QED) is 0.846. The van der Waals surface area contributed by atoms with Gasteiger partial charge < -0.3 is 14.4 Å². The summed E-state index contributed by atoms with van der Waals surface area (Å²) in [5.41, 5.74) is 0.887. The summed E-state index contributed by atoms with van der Waals surface area (Å²) in [5.74, 6) is 0.498. The second-order valence-electron chi connectivity index (χ2n) is 6.25. The average molecular weight is 341 g/mol. The van der Waals surface area contributed by atoms with E-state index in [9.17, 15) is 9.59 Å². The van der Waals surface area contributed by atoms with Crippen LogP contribution >= 0.6 is 0 Å². The van der Waals surface area contributed by atoms with Crippen molar-refractivity contribution >= 4 is 22.9 Å². The summed E-state index contributed by atoms with van der Waals surface area (Å²) in [6.45, 7) is 2.03. The largest absolute Gasteiger partial charge is 0.472 e. The van der Waals surface area contributed by atoms with Gasteiger partial charge in [0.25, 0.3) is 0 Å². The van der Waals surface area contributed by atoms with E-state index in [2.05, 4.69) is 4.98 Å². The van der Waals surface area contributed by atoms with E-state index >= 15 is 0 Å². The normalized spacial score (nSPS) is 20.2. The summed E-state index contributed by atoms with van der Waals surface area (Å²) in [5, 5.41) is 1.07. The van der Waals surface area contributed by atoms with E-state index < -0.39 is 6.09 Å². The predicted octanol–water partition coefficient (Wildman–Crippen LogP) is 1.67. The average Bonchev–Trinajstić information content (AvgIpc) is 3.24. The lowest BCUT2D eigenvalue weighted by molar-refractivity contribution is -0.130. The zero-order valence-corrected chi connectivity index (χ0v) is 13.8. The van der Waals surface area contributed by atoms with Crippen LogP contribution in [0.2, 0.25) is 0 Å². The molecule has 2 saturated heterocycles. The van der Waals surface area contributed by atoms with Gasteiger partial charge in [-0.3, -0.25) is 9.69 Å². The number of amides is 2. The molecule has 7 nitrogen and oxygen atoms in total. The number of carbonyl (C=O) groups excluding carboxylic acids is 2. The predicted molar refractivity (Wildman–Crippen MR) is 90.3 cm³/mol. The third kappa shape index (κ3) is 3.35. The number of pyridine rings is 1. The number of ether oxygens (including phenoxy) is 2. The molecule has 7 heteroatoms. The van der Waals surface area contributed by atoms with E-state index in [0.29, 0.717) is 32.1 Å². The van der Waals surface area contributed by atoms with Crippen LogP contribution in [0.25, 0.3) is 10.9 Å². The minimum atomic E-state index is -0.416. The second kappa shape index (κ2) is 6.58. The highest BCUT2D eigenvalue weighted by atomic mass is 16.6. The van der Waals surface area contributed by atoms with Gasteiger partial charge in [0, 0.05) is 24.4 Å². The van der Waals surface area contributed by atoms with Crippen LogP contribution in [0.5, 0.6) is 5.88 Å². The third-order valence-corrected chi connectivity index (χ3v) is 4.53. The molecule has 0 saturated carbocycles. The van der Waals surface area contributed by atoms with Crippen LogP contribution in [0.4, 0.5) is 4.79 Å². The Morgan fingerprint density at radius 1 is 1.24 bits per heavy atom. The van der Waals surface area contributed by atoms with Gasteiger partial charge in [-0.2, -0.15) is 0 Å². The highest BCUT2D eigenvalue weighted by molar-refractivity contribution is 5.83. The van der Waals surface area contributed by atoms with Gasteiger partial charge in [-0.25, -0.2) is 9.78 Å². The summed E-state index contributed by atoms with van der Waals surface area (Å²) in [6, 6.07) is 11.7. The Morgan fingerprint density at radius 2 is 2.12 bits per heavy atom. The Balaban J connectivity index is 1.35. The Hall–Kier alpha value is -2.83. The highest BCUT2D eigenvalue weighted by Crippen LogP contribution is 2.20. The van der Waals surface area contributed by atoms with Gasteiger partial charge in [0.05, 0.1) is 18.6 Å². The van der Waals surface area contributed by atoms with Crippen LogP contribution in [0.1, 0.15) is 6.42 Å². The van der Waals surface area contributed by atoms with Crippen molar-refractivity contribution in [2.24, 2.45) is 0 Å². The smallest absolute Gasteiger partial charge is 0.410 e. The topological polar surface area (TPSA) is 72.0 Å². The van der Waals surface area contributed by atoms with Crippen molar-refractivity contribution in [1.29, 1.82) is 0 Å². The lowest BCUT2D eigenvalue weighted by atomic mass is 10.2. The number of rotatable bonds is 4. The molecule has 2 fully saturated rings. The number of carbonyl (C=O) groups is 2. The standard InChI is InChI=1S/C18H19N3O4/c22-17(12-21-9-10-24-18(21)23)20-8-7-14(11-20)25-16-6-5-13-3-1-2-4-15(13)19-16/h1-6,14H,7-12H2. The number of hydrogen-bond acceptors (Lipinski definition) is 5. The van der Waals surface area contributed by atoms with Crippen molar-refractivity contribution in [3.8, 4) is 5.88 Å². The number of benzene rings is 1. The molecular weight excluding hydrogens is 322 g/mol. The lowest BCUT2D eigenvalue weighted by Crippen LogP contribution is -2.40. The minimum absolute atomic E-state index is 0.0692. The molecular formula is C18H19N3O4. The molecule has 2 aromatic rings. The zero-order valence-electron chi connectivity index (χ0n) is 13.8. The molecule has 1 aromatic carbocycles. The van der Waals surface area contributed by atoms with E-state index in [1.54, 1.807) is 4.90 Å². The van der Waals surface area contributed by atoms with Gasteiger partial charge in [0.2, 0.25) is 11.8 Å². The second-order valence-corrected chi connectivity index (χ2v) is 6.25. The Morgan fingerprint density at radius 3 is 2.96 bits per heavy atom. The first-order chi connectivity index (χ1) is 12.2. The van der Waals surface area contributed by atoms with Gasteiger partial charge in [0.1, 0.15) is 19.3 Å². The molecule has 2 aliphatic heterocycles. The fourth-order valence-corrected chi connectivity index (χ4v) is 3.17. The third-order valence-electron chi connectivity index (χ3n) is 4.53. The monoisotopic (exact) mass is 341 g/mol. The van der Waals surface area contributed by atoms with Crippen molar-refractivity contribution in [2.75, 3.05) is 32.8 Å². The number of nitrogens with zero attached hydrogens (tertiary/aromatic N) is 3. The van der Waals surface area contributed by atoms with Crippen LogP contribution in [-0.2, 0) is 9.53 Å². The molecule has 0 N–H and O–H groups in total. The molecule has 0 bridgehead atoms. The maximum absolute atomic E-state index is 12.3. The fraction of sp³-hybridized carbons (Fsp3) is 0.389. The van der Waals surface area contributed by atoms with E-state index in [4.69, 9.17) is 9.47 Å². The number of likely N-dealkylation sites (tertiary alicyclic amines) is 1. The number of aromatic nitrogens is 1. The maximum atomic E-state index is 12.3. The van der Waals surface area contributed by atoms with Gasteiger partial charge in [-0.05, 0) is 12.1 Å². The minimum Gasteiger partial charge on any atom is -0.472 e. The molecule has 1 aromatic heterocycles. The number of fused-ring (bicyclic) bond motifs is 1. The molecule has 0 spiro atoms. The Labute approximate surface area is 145 Å². The summed E-state index contributed by atoms with van der Waals surface area (Å²) < 4.78 is 10.8. The molecule has 3 heterocycles. The first-order valence-electron chi connectivity index (χ1n) is 8.41. The number of cyclic esters (lactones) is 1. The van der Waals surface area contributed by atoms with Crippen molar-refractivity contribution in [1.82, 2.24) is 14.8 Å². The lowest BCUT2D eigenvalue weighted by Gasteiger charge is -2.20. The molecule has 0 radical (unpaired) electrons. The molecule has 0 aliphatic carbocycles. The van der Waals surface area contributed by atoms with Crippen LogP contribution in [0, 0.1) is 0 Å². The van der Waals surface area contributed by atoms with E-state index in [1.807, 2.05) is 36.4 Å². The van der Waals surface area contributed by atoms with E-state index in [0.717, 1.165) is 17.3 Å². The van der Waals surface area contributed by atoms with Crippen LogP contribution < -0.4 is 4.74 Å². The summed E-state index contributed by atoms with van der Waals surface area (Å²) >= 11 is 0. The van der Waals surface area contributed by atoms with Crippen molar-refractivity contribution in [2.45, 2.75) is 12.5 Å². The van der Waals surface area contributed by atoms with Crippen LogP contribution in [0.15, 0.2) is 36.4 Å². The summed E-state index contributed by atoms with van der Waals surface area (Å²) in [7, 11) is 0. The molecule has 130 valence electrons. The summed E-state index contributed by atoms with van der Waals surface area (Å²) in [4.78, 5) is 31.4. The Kier molecular flexibility index (Phi) is 4.13. The Bertz CT molecular complexity index is 810. The van der Waals surface area contributed by atoms with Gasteiger partial charge >= 0.3 is 6.09 Å². The molecule has 1 unspecified atom stereocenters. The van der Waals surface area contributed by atoms with Crippen molar-refractivity contribution < 1.29 is 19.1 Å². The molecule has 1 atom stereocenters. The van der Waals surface area contributed by atoms with Gasteiger partial charge in [0.15, 0.2) is 0 Å². The number of hydrogen-bond donors (Lipinski definition) is 0. The highest BCUT2D eigenvalue weighted by Gasteiger charge is 2.31. The SMILES string of the molecule is O=C(CN1CCOC1=O)N1CCC(Oc2ccc3ccccc3n2)C1. The fourth-order valence-electron chi connectivity index (χ4n) is 3.17. The molecule has 25 heavy (non-hydrogen) atoms. The maximum Gasteiger partial charge on any atom is 0.410 e. The molecule has 4 rings (SSSR count). The summed E-state index contributed by atoms with van der Waals surface area (Å²) in [6.07, 6.45) is 0.258. The van der Waals surface area contributed by atoms with Gasteiger partial charge in [-0.15, -0.1) is 0 Å². The first kappa shape index (κ1) is 15.7. The first-order valence-corrected chi connectivity index (χ1v) is 8.41. The molecule has 2 aliphatic rings. The number of para-hydroxylation sites is 1. The van der Waals surface area contributed by atoms with Crippen LogP contribution in [0.3, 0.4) is 0 Å². The van der Waals surface area contributed by atoms with E-state index in [-0.39, 0.29) is 18.6 Å².